The van der Waals surface area contributed by atoms with Crippen molar-refractivity contribution in [2.45, 2.75) is 18.9 Å². The molecule has 0 unspecified atom stereocenters. The van der Waals surface area contributed by atoms with Crippen molar-refractivity contribution in [2.24, 2.45) is 11.1 Å². The minimum Gasteiger partial charge on any atom is -0.457 e. The number of carbonyl (C=O) groups is 1. The second kappa shape index (κ2) is 2.71. The molecule has 2 aliphatic rings. The van der Waals surface area contributed by atoms with E-state index < -0.39 is 0 Å². The summed E-state index contributed by atoms with van der Waals surface area (Å²) in [4.78, 5) is 11.4. The Kier molecular flexibility index (Phi) is 1.81. The predicted octanol–water partition coefficient (Wildman–Crippen LogP) is -0.333. The molecule has 4 nitrogen and oxygen atoms in total. The minimum absolute atomic E-state index is 0.0125. The lowest BCUT2D eigenvalue weighted by Gasteiger charge is -2.27. The maximum atomic E-state index is 11.4. The summed E-state index contributed by atoms with van der Waals surface area (Å²) in [5, 5.41) is 0. The summed E-state index contributed by atoms with van der Waals surface area (Å²) in [5.41, 5.74) is 5.15. The molecule has 1 aliphatic heterocycles. The van der Waals surface area contributed by atoms with Gasteiger partial charge in [0.1, 0.15) is 6.10 Å². The van der Waals surface area contributed by atoms with Gasteiger partial charge in [0.15, 0.2) is 0 Å². The highest BCUT2D eigenvalue weighted by Gasteiger charge is 2.51. The Morgan fingerprint density at radius 2 is 2.25 bits per heavy atom. The number of nitrogens with two attached hydrogens (primary N) is 1. The third kappa shape index (κ3) is 1.21. The van der Waals surface area contributed by atoms with Gasteiger partial charge in [0.05, 0.1) is 18.6 Å². The van der Waals surface area contributed by atoms with E-state index in [1.54, 1.807) is 0 Å². The summed E-state index contributed by atoms with van der Waals surface area (Å²) in [6, 6.07) is 0. The molecule has 0 aromatic carbocycles. The molecule has 0 radical (unpaired) electrons. The quantitative estimate of drug-likeness (QED) is 0.590. The van der Waals surface area contributed by atoms with Gasteiger partial charge < -0.3 is 15.2 Å². The van der Waals surface area contributed by atoms with Gasteiger partial charge >= 0.3 is 5.97 Å². The van der Waals surface area contributed by atoms with Gasteiger partial charge in [0.25, 0.3) is 0 Å². The highest BCUT2D eigenvalue weighted by Crippen LogP contribution is 2.45. The zero-order chi connectivity index (χ0) is 8.60. The van der Waals surface area contributed by atoms with Crippen molar-refractivity contribution in [3.8, 4) is 0 Å². The molecule has 0 spiro atoms. The number of hydrogen-bond acceptors (Lipinski definition) is 4. The van der Waals surface area contributed by atoms with E-state index in [1.165, 1.54) is 0 Å². The first kappa shape index (κ1) is 8.01. The molecule has 2 rings (SSSR count). The van der Waals surface area contributed by atoms with Gasteiger partial charge in [0.2, 0.25) is 0 Å². The van der Waals surface area contributed by atoms with E-state index in [0.717, 1.165) is 12.8 Å². The minimum atomic E-state index is -0.324. The first-order chi connectivity index (χ1) is 5.77. The fourth-order valence-electron chi connectivity index (χ4n) is 1.20. The molecule has 68 valence electrons. The van der Waals surface area contributed by atoms with Crippen LogP contribution < -0.4 is 5.73 Å². The van der Waals surface area contributed by atoms with E-state index in [4.69, 9.17) is 15.2 Å². The molecular weight excluding hydrogens is 158 g/mol. The maximum absolute atomic E-state index is 11.4. The van der Waals surface area contributed by atoms with E-state index in [-0.39, 0.29) is 17.5 Å². The van der Waals surface area contributed by atoms with Crippen LogP contribution in [0.15, 0.2) is 0 Å². The molecule has 0 amide bonds. The van der Waals surface area contributed by atoms with Gasteiger partial charge in [-0.1, -0.05) is 0 Å². The Morgan fingerprint density at radius 1 is 1.58 bits per heavy atom. The van der Waals surface area contributed by atoms with E-state index in [9.17, 15) is 4.79 Å². The summed E-state index contributed by atoms with van der Waals surface area (Å²) in [5.74, 6) is -0.127. The Labute approximate surface area is 71.0 Å². The van der Waals surface area contributed by atoms with Crippen LogP contribution in [-0.2, 0) is 14.3 Å². The van der Waals surface area contributed by atoms with Crippen LogP contribution >= 0.6 is 0 Å². The molecule has 4 heteroatoms. The van der Waals surface area contributed by atoms with Crippen molar-refractivity contribution in [1.29, 1.82) is 0 Å². The third-order valence-corrected chi connectivity index (χ3v) is 2.56. The fourth-order valence-corrected chi connectivity index (χ4v) is 1.20. The second-order valence-corrected chi connectivity index (χ2v) is 3.55. The highest BCUT2D eigenvalue weighted by atomic mass is 16.6. The smallest absolute Gasteiger partial charge is 0.313 e. The van der Waals surface area contributed by atoms with Gasteiger partial charge in [-0.25, -0.2) is 0 Å². The molecule has 0 atom stereocenters. The number of hydrogen-bond donors (Lipinski definition) is 1. The zero-order valence-corrected chi connectivity index (χ0v) is 6.91. The van der Waals surface area contributed by atoms with E-state index in [2.05, 4.69) is 0 Å². The molecule has 1 saturated carbocycles. The van der Waals surface area contributed by atoms with Gasteiger partial charge in [0, 0.05) is 6.54 Å². The zero-order valence-electron chi connectivity index (χ0n) is 6.91. The molecule has 2 fully saturated rings. The van der Waals surface area contributed by atoms with Crippen molar-refractivity contribution < 1.29 is 14.3 Å². The molecular formula is C8H13NO3. The standard InChI is InChI=1S/C8H13NO3/c9-5-8(1-2-8)7(10)12-6-3-11-4-6/h6H,1-5,9H2. The Balaban J connectivity index is 1.83. The van der Waals surface area contributed by atoms with Crippen molar-refractivity contribution in [3.05, 3.63) is 0 Å². The molecule has 12 heavy (non-hydrogen) atoms. The van der Waals surface area contributed by atoms with E-state index >= 15 is 0 Å². The highest BCUT2D eigenvalue weighted by molar-refractivity contribution is 5.80. The van der Waals surface area contributed by atoms with E-state index in [1.807, 2.05) is 0 Å². The molecule has 1 heterocycles. The first-order valence-corrected chi connectivity index (χ1v) is 4.26. The average molecular weight is 171 g/mol. The second-order valence-electron chi connectivity index (χ2n) is 3.55. The molecule has 2 N–H and O–H groups in total. The SMILES string of the molecule is NCC1(C(=O)OC2COC2)CC1. The van der Waals surface area contributed by atoms with Gasteiger partial charge in [-0.15, -0.1) is 0 Å². The van der Waals surface area contributed by atoms with Crippen molar-refractivity contribution in [3.63, 3.8) is 0 Å². The number of carbonyl (C=O) groups excluding carboxylic acids is 1. The molecule has 0 bridgehead atoms. The summed E-state index contributed by atoms with van der Waals surface area (Å²) in [7, 11) is 0. The average Bonchev–Trinajstić information content (AvgIpc) is 2.76. The van der Waals surface area contributed by atoms with Crippen molar-refractivity contribution in [1.82, 2.24) is 0 Å². The van der Waals surface area contributed by atoms with Crippen molar-refractivity contribution in [2.75, 3.05) is 19.8 Å². The van der Waals surface area contributed by atoms with Crippen LogP contribution in [0.25, 0.3) is 0 Å². The number of rotatable bonds is 3. The van der Waals surface area contributed by atoms with Crippen LogP contribution in [0.4, 0.5) is 0 Å². The Morgan fingerprint density at radius 3 is 2.58 bits per heavy atom. The van der Waals surface area contributed by atoms with Crippen LogP contribution in [-0.4, -0.2) is 31.8 Å². The fraction of sp³-hybridized carbons (Fsp3) is 0.875. The lowest BCUT2D eigenvalue weighted by molar-refractivity contribution is -0.177. The summed E-state index contributed by atoms with van der Waals surface area (Å²) < 4.78 is 10.1. The molecule has 1 aliphatic carbocycles. The first-order valence-electron chi connectivity index (χ1n) is 4.26. The Bertz CT molecular complexity index is 196. The van der Waals surface area contributed by atoms with Gasteiger partial charge in [-0.05, 0) is 12.8 Å². The topological polar surface area (TPSA) is 61.6 Å². The van der Waals surface area contributed by atoms with Gasteiger partial charge in [-0.2, -0.15) is 0 Å². The van der Waals surface area contributed by atoms with Crippen LogP contribution in [0.3, 0.4) is 0 Å². The summed E-state index contributed by atoms with van der Waals surface area (Å²) in [6.45, 7) is 1.51. The number of esters is 1. The lowest BCUT2D eigenvalue weighted by Crippen LogP contribution is -2.41. The molecule has 1 saturated heterocycles. The van der Waals surface area contributed by atoms with E-state index in [0.29, 0.717) is 19.8 Å². The lowest BCUT2D eigenvalue weighted by atomic mass is 10.1. The van der Waals surface area contributed by atoms with Crippen LogP contribution in [0, 0.1) is 5.41 Å². The van der Waals surface area contributed by atoms with Gasteiger partial charge in [-0.3, -0.25) is 4.79 Å². The molecule has 0 aromatic heterocycles. The summed E-state index contributed by atoms with van der Waals surface area (Å²) >= 11 is 0. The van der Waals surface area contributed by atoms with Crippen molar-refractivity contribution >= 4 is 5.97 Å². The Hall–Kier alpha value is -0.610. The number of ether oxygens (including phenoxy) is 2. The monoisotopic (exact) mass is 171 g/mol. The summed E-state index contributed by atoms with van der Waals surface area (Å²) in [6.07, 6.45) is 1.76. The predicted molar refractivity (Wildman–Crippen MR) is 41.4 cm³/mol. The normalized spacial score (nSPS) is 26.1. The van der Waals surface area contributed by atoms with Crippen LogP contribution in [0.1, 0.15) is 12.8 Å². The van der Waals surface area contributed by atoms with Crippen LogP contribution in [0.5, 0.6) is 0 Å². The third-order valence-electron chi connectivity index (χ3n) is 2.56. The molecule has 0 aromatic rings. The van der Waals surface area contributed by atoms with Crippen LogP contribution in [0.2, 0.25) is 0 Å². The maximum Gasteiger partial charge on any atom is 0.313 e. The largest absolute Gasteiger partial charge is 0.457 e.